The molecule has 0 fully saturated rings. The number of carboxylic acid groups (broad SMARTS) is 1. The standard InChI is InChI=1S/C20H20N2O4/c23-18-16-8-1-2-9-17(16)19(24)22(18)11-4-3-10-21-13-14-6-5-7-15(12-14)20(25)26/h1-2,5-9,12,21H,3-4,10-11,13H2,(H,25,26). The van der Waals surface area contributed by atoms with Crippen LogP contribution in [0.15, 0.2) is 48.5 Å². The SMILES string of the molecule is O=C(O)c1cccc(CNCCCCN2C(=O)c3ccccc3C2=O)c1. The number of carbonyl (C=O) groups is 3. The Morgan fingerprint density at radius 2 is 1.65 bits per heavy atom. The summed E-state index contributed by atoms with van der Waals surface area (Å²) < 4.78 is 0. The van der Waals surface area contributed by atoms with Crippen molar-refractivity contribution in [2.75, 3.05) is 13.1 Å². The molecule has 1 aliphatic heterocycles. The van der Waals surface area contributed by atoms with Crippen molar-refractivity contribution in [3.05, 3.63) is 70.8 Å². The van der Waals surface area contributed by atoms with Crippen molar-refractivity contribution in [3.63, 3.8) is 0 Å². The first-order valence-corrected chi connectivity index (χ1v) is 8.56. The fourth-order valence-corrected chi connectivity index (χ4v) is 3.01. The van der Waals surface area contributed by atoms with Crippen LogP contribution in [0.25, 0.3) is 0 Å². The minimum atomic E-state index is -0.937. The Balaban J connectivity index is 1.40. The van der Waals surface area contributed by atoms with Gasteiger partial charge in [0, 0.05) is 13.1 Å². The molecule has 0 radical (unpaired) electrons. The maximum atomic E-state index is 12.2. The maximum Gasteiger partial charge on any atom is 0.335 e. The molecule has 0 saturated carbocycles. The zero-order valence-corrected chi connectivity index (χ0v) is 14.3. The summed E-state index contributed by atoms with van der Waals surface area (Å²) in [7, 11) is 0. The van der Waals surface area contributed by atoms with Crippen LogP contribution in [0.3, 0.4) is 0 Å². The van der Waals surface area contributed by atoms with E-state index in [1.54, 1.807) is 42.5 Å². The van der Waals surface area contributed by atoms with Gasteiger partial charge in [-0.1, -0.05) is 24.3 Å². The largest absolute Gasteiger partial charge is 0.478 e. The second-order valence-electron chi connectivity index (χ2n) is 6.20. The molecule has 6 heteroatoms. The van der Waals surface area contributed by atoms with Gasteiger partial charge in [-0.2, -0.15) is 0 Å². The smallest absolute Gasteiger partial charge is 0.335 e. The molecule has 2 N–H and O–H groups in total. The number of nitrogens with zero attached hydrogens (tertiary/aromatic N) is 1. The van der Waals surface area contributed by atoms with Crippen LogP contribution in [0.4, 0.5) is 0 Å². The summed E-state index contributed by atoms with van der Waals surface area (Å²) in [6.45, 7) is 1.71. The molecule has 2 aromatic carbocycles. The molecule has 0 aromatic heterocycles. The van der Waals surface area contributed by atoms with Crippen LogP contribution in [0.1, 0.15) is 49.5 Å². The number of fused-ring (bicyclic) bond motifs is 1. The highest BCUT2D eigenvalue weighted by atomic mass is 16.4. The highest BCUT2D eigenvalue weighted by molar-refractivity contribution is 6.21. The summed E-state index contributed by atoms with van der Waals surface area (Å²) in [5.41, 5.74) is 2.14. The van der Waals surface area contributed by atoms with Gasteiger partial charge in [0.1, 0.15) is 0 Å². The second kappa shape index (κ2) is 7.93. The summed E-state index contributed by atoms with van der Waals surface area (Å²) in [4.78, 5) is 36.7. The molecule has 134 valence electrons. The van der Waals surface area contributed by atoms with E-state index in [2.05, 4.69) is 5.32 Å². The number of nitrogens with one attached hydrogen (secondary N) is 1. The van der Waals surface area contributed by atoms with Crippen LogP contribution in [-0.4, -0.2) is 40.9 Å². The molecule has 0 atom stereocenters. The van der Waals surface area contributed by atoms with Gasteiger partial charge in [0.2, 0.25) is 0 Å². The monoisotopic (exact) mass is 352 g/mol. The van der Waals surface area contributed by atoms with Gasteiger partial charge in [0.15, 0.2) is 0 Å². The topological polar surface area (TPSA) is 86.7 Å². The van der Waals surface area contributed by atoms with E-state index < -0.39 is 5.97 Å². The van der Waals surface area contributed by atoms with E-state index in [4.69, 9.17) is 5.11 Å². The fourth-order valence-electron chi connectivity index (χ4n) is 3.01. The molecule has 2 aromatic rings. The van der Waals surface area contributed by atoms with E-state index in [1.165, 1.54) is 4.90 Å². The predicted molar refractivity (Wildman–Crippen MR) is 96.2 cm³/mol. The molecule has 2 amide bonds. The lowest BCUT2D eigenvalue weighted by Crippen LogP contribution is -2.31. The number of aromatic carboxylic acids is 1. The van der Waals surface area contributed by atoms with E-state index in [0.717, 1.165) is 18.5 Å². The lowest BCUT2D eigenvalue weighted by molar-refractivity contribution is 0.0648. The average Bonchev–Trinajstić information content (AvgIpc) is 2.89. The minimum Gasteiger partial charge on any atom is -0.478 e. The Morgan fingerprint density at radius 3 is 2.31 bits per heavy atom. The van der Waals surface area contributed by atoms with E-state index in [9.17, 15) is 14.4 Å². The van der Waals surface area contributed by atoms with Crippen LogP contribution in [-0.2, 0) is 6.54 Å². The number of unbranched alkanes of at least 4 members (excludes halogenated alkanes) is 1. The molecule has 3 rings (SSSR count). The van der Waals surface area contributed by atoms with Gasteiger partial charge in [0.05, 0.1) is 16.7 Å². The second-order valence-corrected chi connectivity index (χ2v) is 6.20. The Hall–Kier alpha value is -2.99. The minimum absolute atomic E-state index is 0.218. The number of amides is 2. The molecule has 6 nitrogen and oxygen atoms in total. The van der Waals surface area contributed by atoms with Crippen LogP contribution in [0, 0.1) is 0 Å². The highest BCUT2D eigenvalue weighted by Crippen LogP contribution is 2.22. The number of carboxylic acids is 1. The number of carbonyl (C=O) groups excluding carboxylic acids is 2. The molecular weight excluding hydrogens is 332 g/mol. The lowest BCUT2D eigenvalue weighted by Gasteiger charge is -2.13. The molecule has 0 bridgehead atoms. The fraction of sp³-hybridized carbons (Fsp3) is 0.250. The molecule has 0 spiro atoms. The zero-order chi connectivity index (χ0) is 18.5. The normalized spacial score (nSPS) is 13.2. The highest BCUT2D eigenvalue weighted by Gasteiger charge is 2.34. The van der Waals surface area contributed by atoms with Gasteiger partial charge in [-0.05, 0) is 49.2 Å². The van der Waals surface area contributed by atoms with Gasteiger partial charge in [0.25, 0.3) is 11.8 Å². The van der Waals surface area contributed by atoms with Crippen LogP contribution >= 0.6 is 0 Å². The third-order valence-corrected chi connectivity index (χ3v) is 4.37. The van der Waals surface area contributed by atoms with Crippen molar-refractivity contribution in [2.24, 2.45) is 0 Å². The molecular formula is C20H20N2O4. The average molecular weight is 352 g/mol. The molecule has 1 heterocycles. The Labute approximate surface area is 151 Å². The quantitative estimate of drug-likeness (QED) is 0.563. The Bertz CT molecular complexity index is 812. The van der Waals surface area contributed by atoms with E-state index >= 15 is 0 Å². The van der Waals surface area contributed by atoms with Crippen molar-refractivity contribution < 1.29 is 19.5 Å². The van der Waals surface area contributed by atoms with Crippen LogP contribution in [0.5, 0.6) is 0 Å². The maximum absolute atomic E-state index is 12.2. The van der Waals surface area contributed by atoms with Crippen molar-refractivity contribution in [1.82, 2.24) is 10.2 Å². The lowest BCUT2D eigenvalue weighted by atomic mass is 10.1. The van der Waals surface area contributed by atoms with Crippen molar-refractivity contribution >= 4 is 17.8 Å². The number of imide groups is 1. The van der Waals surface area contributed by atoms with Crippen molar-refractivity contribution in [3.8, 4) is 0 Å². The predicted octanol–water partition coefficient (Wildman–Crippen LogP) is 2.55. The van der Waals surface area contributed by atoms with Crippen LogP contribution < -0.4 is 5.32 Å². The van der Waals surface area contributed by atoms with E-state index in [1.807, 2.05) is 6.07 Å². The van der Waals surface area contributed by atoms with Gasteiger partial charge in [-0.15, -0.1) is 0 Å². The van der Waals surface area contributed by atoms with Gasteiger partial charge >= 0.3 is 5.97 Å². The first-order valence-electron chi connectivity index (χ1n) is 8.56. The molecule has 0 unspecified atom stereocenters. The molecule has 0 aliphatic carbocycles. The Kier molecular flexibility index (Phi) is 5.43. The zero-order valence-electron chi connectivity index (χ0n) is 14.3. The third-order valence-electron chi connectivity index (χ3n) is 4.37. The first kappa shape index (κ1) is 17.8. The molecule has 1 aliphatic rings. The molecule has 0 saturated heterocycles. The summed E-state index contributed by atoms with van der Waals surface area (Å²) >= 11 is 0. The van der Waals surface area contributed by atoms with Gasteiger partial charge in [-0.25, -0.2) is 4.79 Å². The molecule has 26 heavy (non-hydrogen) atoms. The van der Waals surface area contributed by atoms with E-state index in [0.29, 0.717) is 30.6 Å². The van der Waals surface area contributed by atoms with E-state index in [-0.39, 0.29) is 17.4 Å². The summed E-state index contributed by atoms with van der Waals surface area (Å²) in [5, 5.41) is 12.2. The number of hydrogen-bond donors (Lipinski definition) is 2. The third kappa shape index (κ3) is 3.81. The van der Waals surface area contributed by atoms with Crippen LogP contribution in [0.2, 0.25) is 0 Å². The van der Waals surface area contributed by atoms with Crippen molar-refractivity contribution in [2.45, 2.75) is 19.4 Å². The van der Waals surface area contributed by atoms with Gasteiger partial charge < -0.3 is 10.4 Å². The summed E-state index contributed by atoms with van der Waals surface area (Å²) in [6.07, 6.45) is 1.53. The van der Waals surface area contributed by atoms with Gasteiger partial charge in [-0.3, -0.25) is 14.5 Å². The number of hydrogen-bond acceptors (Lipinski definition) is 4. The Morgan fingerprint density at radius 1 is 0.962 bits per heavy atom. The number of benzene rings is 2. The summed E-state index contributed by atoms with van der Waals surface area (Å²) in [6, 6.07) is 13.7. The summed E-state index contributed by atoms with van der Waals surface area (Å²) in [5.74, 6) is -1.37. The first-order chi connectivity index (χ1) is 12.6. The number of rotatable bonds is 8. The van der Waals surface area contributed by atoms with Crippen molar-refractivity contribution in [1.29, 1.82) is 0 Å².